The number of rotatable bonds is 5. The fourth-order valence-corrected chi connectivity index (χ4v) is 3.73. The number of nitrogens with zero attached hydrogens (tertiary/aromatic N) is 3. The van der Waals surface area contributed by atoms with Crippen LogP contribution in [0.2, 0.25) is 0 Å². The molecule has 28 heavy (non-hydrogen) atoms. The normalized spacial score (nSPS) is 16.2. The molecule has 142 valence electrons. The highest BCUT2D eigenvalue weighted by Gasteiger charge is 2.20. The second-order valence-corrected chi connectivity index (χ2v) is 7.30. The Hall–Kier alpha value is -2.98. The van der Waals surface area contributed by atoms with E-state index >= 15 is 0 Å². The highest BCUT2D eigenvalue weighted by Crippen LogP contribution is 2.21. The molecule has 0 aliphatic carbocycles. The lowest BCUT2D eigenvalue weighted by Crippen LogP contribution is -2.35. The third kappa shape index (κ3) is 4.46. The van der Waals surface area contributed by atoms with Crippen molar-refractivity contribution in [1.29, 1.82) is 0 Å². The van der Waals surface area contributed by atoms with Crippen LogP contribution in [0.4, 0.5) is 5.69 Å². The number of likely N-dealkylation sites (tertiary alicyclic amines) is 1. The van der Waals surface area contributed by atoms with E-state index in [4.69, 9.17) is 10.7 Å². The van der Waals surface area contributed by atoms with Crippen molar-refractivity contribution in [3.8, 4) is 0 Å². The maximum absolute atomic E-state index is 6.24. The van der Waals surface area contributed by atoms with Gasteiger partial charge in [0.25, 0.3) is 0 Å². The lowest BCUT2D eigenvalue weighted by Gasteiger charge is -2.30. The number of nitrogen functional groups attached to an aromatic ring is 1. The monoisotopic (exact) mass is 370 g/mol. The summed E-state index contributed by atoms with van der Waals surface area (Å²) < 4.78 is 0. The van der Waals surface area contributed by atoms with E-state index in [1.807, 2.05) is 30.5 Å². The number of hydrogen-bond donors (Lipinski definition) is 1. The SMILES string of the molecule is Nc1ccncc1/C(=N\C1CCN(Cc2ccccc2)CC1)c1ccccc1. The van der Waals surface area contributed by atoms with Gasteiger partial charge in [-0.1, -0.05) is 60.7 Å². The summed E-state index contributed by atoms with van der Waals surface area (Å²) in [5.41, 5.74) is 11.3. The van der Waals surface area contributed by atoms with Crippen molar-refractivity contribution in [2.45, 2.75) is 25.4 Å². The van der Waals surface area contributed by atoms with Gasteiger partial charge in [-0.15, -0.1) is 0 Å². The Morgan fingerprint density at radius 3 is 2.32 bits per heavy atom. The van der Waals surface area contributed by atoms with Gasteiger partial charge in [0, 0.05) is 48.8 Å². The van der Waals surface area contributed by atoms with Crippen LogP contribution in [0.25, 0.3) is 0 Å². The van der Waals surface area contributed by atoms with Crippen LogP contribution in [0.3, 0.4) is 0 Å². The van der Waals surface area contributed by atoms with Gasteiger partial charge < -0.3 is 5.73 Å². The van der Waals surface area contributed by atoms with Crippen molar-refractivity contribution >= 4 is 11.4 Å². The molecule has 0 radical (unpaired) electrons. The van der Waals surface area contributed by atoms with Gasteiger partial charge in [0.2, 0.25) is 0 Å². The van der Waals surface area contributed by atoms with Crippen molar-refractivity contribution in [2.75, 3.05) is 18.8 Å². The van der Waals surface area contributed by atoms with E-state index in [0.717, 1.165) is 55.0 Å². The quantitative estimate of drug-likeness (QED) is 0.686. The third-order valence-electron chi connectivity index (χ3n) is 5.27. The highest BCUT2D eigenvalue weighted by molar-refractivity contribution is 6.15. The van der Waals surface area contributed by atoms with E-state index in [1.54, 1.807) is 6.20 Å². The Kier molecular flexibility index (Phi) is 5.78. The molecule has 0 amide bonds. The maximum atomic E-state index is 6.24. The number of aromatic nitrogens is 1. The molecule has 0 saturated carbocycles. The Balaban J connectivity index is 1.51. The number of aliphatic imine (C=N–C) groups is 1. The van der Waals surface area contributed by atoms with Crippen LogP contribution in [0.15, 0.2) is 84.1 Å². The molecular formula is C24H26N4. The van der Waals surface area contributed by atoms with Crippen LogP contribution in [-0.4, -0.2) is 34.7 Å². The Morgan fingerprint density at radius 2 is 1.64 bits per heavy atom. The van der Waals surface area contributed by atoms with Crippen molar-refractivity contribution in [3.63, 3.8) is 0 Å². The molecule has 0 unspecified atom stereocenters. The molecule has 1 fully saturated rings. The molecule has 2 aromatic carbocycles. The van der Waals surface area contributed by atoms with E-state index in [0.29, 0.717) is 6.04 Å². The average molecular weight is 371 g/mol. The first kappa shape index (κ1) is 18.4. The van der Waals surface area contributed by atoms with Crippen LogP contribution < -0.4 is 5.73 Å². The summed E-state index contributed by atoms with van der Waals surface area (Å²) in [5.74, 6) is 0. The molecule has 0 atom stereocenters. The first-order valence-electron chi connectivity index (χ1n) is 9.89. The first-order valence-corrected chi connectivity index (χ1v) is 9.89. The molecule has 1 aromatic heterocycles. The number of nitrogens with two attached hydrogens (primary N) is 1. The largest absolute Gasteiger partial charge is 0.398 e. The van der Waals surface area contributed by atoms with Crippen LogP contribution in [0.5, 0.6) is 0 Å². The zero-order chi connectivity index (χ0) is 19.2. The van der Waals surface area contributed by atoms with Crippen molar-refractivity contribution in [1.82, 2.24) is 9.88 Å². The van der Waals surface area contributed by atoms with Crippen LogP contribution in [-0.2, 0) is 6.54 Å². The van der Waals surface area contributed by atoms with Gasteiger partial charge in [-0.05, 0) is 24.5 Å². The zero-order valence-electron chi connectivity index (χ0n) is 16.0. The summed E-state index contributed by atoms with van der Waals surface area (Å²) in [5, 5.41) is 0. The first-order chi connectivity index (χ1) is 13.8. The molecule has 1 aliphatic heterocycles. The van der Waals surface area contributed by atoms with Crippen LogP contribution in [0.1, 0.15) is 29.5 Å². The van der Waals surface area contributed by atoms with Crippen LogP contribution in [0, 0.1) is 0 Å². The lowest BCUT2D eigenvalue weighted by molar-refractivity contribution is 0.206. The molecule has 1 saturated heterocycles. The Morgan fingerprint density at radius 1 is 0.964 bits per heavy atom. The topological polar surface area (TPSA) is 54.5 Å². The number of hydrogen-bond acceptors (Lipinski definition) is 4. The predicted octanol–water partition coefficient (Wildman–Crippen LogP) is 4.17. The smallest absolute Gasteiger partial charge is 0.0758 e. The summed E-state index contributed by atoms with van der Waals surface area (Å²) in [6.45, 7) is 3.14. The second-order valence-electron chi connectivity index (χ2n) is 7.30. The van der Waals surface area contributed by atoms with Gasteiger partial charge >= 0.3 is 0 Å². The van der Waals surface area contributed by atoms with E-state index in [-0.39, 0.29) is 0 Å². The molecule has 3 aromatic rings. The van der Waals surface area contributed by atoms with Gasteiger partial charge in [0.15, 0.2) is 0 Å². The molecule has 0 spiro atoms. The maximum Gasteiger partial charge on any atom is 0.0758 e. The predicted molar refractivity (Wildman–Crippen MR) is 115 cm³/mol. The minimum absolute atomic E-state index is 0.307. The summed E-state index contributed by atoms with van der Waals surface area (Å²) in [7, 11) is 0. The summed E-state index contributed by atoms with van der Waals surface area (Å²) in [6, 6.07) is 23.1. The molecule has 1 aliphatic rings. The van der Waals surface area contributed by atoms with Crippen molar-refractivity contribution < 1.29 is 0 Å². The van der Waals surface area contributed by atoms with E-state index in [2.05, 4.69) is 52.3 Å². The summed E-state index contributed by atoms with van der Waals surface area (Å²) in [4.78, 5) is 11.9. The Bertz CT molecular complexity index is 914. The third-order valence-corrected chi connectivity index (χ3v) is 5.27. The van der Waals surface area contributed by atoms with E-state index < -0.39 is 0 Å². The zero-order valence-corrected chi connectivity index (χ0v) is 16.0. The van der Waals surface area contributed by atoms with Gasteiger partial charge in [0.1, 0.15) is 0 Å². The fraction of sp³-hybridized carbons (Fsp3) is 0.250. The number of anilines is 1. The van der Waals surface area contributed by atoms with Gasteiger partial charge in [-0.3, -0.25) is 14.9 Å². The molecule has 2 heterocycles. The molecule has 4 rings (SSSR count). The number of pyridine rings is 1. The van der Waals surface area contributed by atoms with Crippen molar-refractivity contribution in [2.24, 2.45) is 4.99 Å². The van der Waals surface area contributed by atoms with Gasteiger partial charge in [0.05, 0.1) is 11.8 Å². The molecule has 2 N–H and O–H groups in total. The summed E-state index contributed by atoms with van der Waals surface area (Å²) >= 11 is 0. The standard InChI is InChI=1S/C24H26N4/c25-23-11-14-26-17-22(23)24(20-9-5-2-6-10-20)27-21-12-15-28(16-13-21)18-19-7-3-1-4-8-19/h1-11,14,17,21H,12-13,15-16,18H2,(H2,25,26)/b27-24-. The molecule has 4 nitrogen and oxygen atoms in total. The Labute approximate surface area is 166 Å². The van der Waals surface area contributed by atoms with Crippen LogP contribution >= 0.6 is 0 Å². The fourth-order valence-electron chi connectivity index (χ4n) is 3.73. The van der Waals surface area contributed by atoms with Crippen molar-refractivity contribution in [3.05, 3.63) is 95.8 Å². The van der Waals surface area contributed by atoms with E-state index in [9.17, 15) is 0 Å². The molecule has 4 heteroatoms. The summed E-state index contributed by atoms with van der Waals surface area (Å²) in [6.07, 6.45) is 5.67. The number of piperidine rings is 1. The average Bonchev–Trinajstić information content (AvgIpc) is 2.75. The minimum atomic E-state index is 0.307. The number of benzene rings is 2. The second kappa shape index (κ2) is 8.81. The molecule has 0 bridgehead atoms. The van der Waals surface area contributed by atoms with Gasteiger partial charge in [-0.2, -0.15) is 0 Å². The van der Waals surface area contributed by atoms with Gasteiger partial charge in [-0.25, -0.2) is 0 Å². The molecular weight excluding hydrogens is 344 g/mol. The highest BCUT2D eigenvalue weighted by atomic mass is 15.1. The minimum Gasteiger partial charge on any atom is -0.398 e. The van der Waals surface area contributed by atoms with E-state index in [1.165, 1.54) is 5.56 Å². The lowest BCUT2D eigenvalue weighted by atomic mass is 10.00.